The lowest BCUT2D eigenvalue weighted by molar-refractivity contribution is 0.235. The molecular weight excluding hydrogens is 124 g/mol. The van der Waals surface area contributed by atoms with Crippen molar-refractivity contribution in [3.63, 3.8) is 0 Å². The molecule has 1 N–H and O–H groups in total. The predicted octanol–water partition coefficient (Wildman–Crippen LogP) is 1.81. The first-order chi connectivity index (χ1) is 4.80. The maximum Gasteiger partial charge on any atom is 0.0758 e. The maximum atomic E-state index is 9.15. The molecule has 0 radical (unpaired) electrons. The second-order valence-electron chi connectivity index (χ2n) is 2.40. The summed E-state index contributed by atoms with van der Waals surface area (Å²) in [5.41, 5.74) is 1.00. The Bertz CT molecular complexity index is 185. The van der Waals surface area contributed by atoms with Gasteiger partial charge in [-0.15, -0.1) is 0 Å². The highest BCUT2D eigenvalue weighted by molar-refractivity contribution is 5.28. The summed E-state index contributed by atoms with van der Waals surface area (Å²) >= 11 is 0. The maximum absolute atomic E-state index is 9.15. The molecule has 0 saturated heterocycles. The van der Waals surface area contributed by atoms with Gasteiger partial charge in [-0.2, -0.15) is 0 Å². The molecule has 0 aromatic carbocycles. The van der Waals surface area contributed by atoms with Crippen molar-refractivity contribution < 1.29 is 5.11 Å². The number of hydrogen-bond donors (Lipinski definition) is 1. The zero-order chi connectivity index (χ0) is 7.40. The summed E-state index contributed by atoms with van der Waals surface area (Å²) in [6, 6.07) is 0. The van der Waals surface area contributed by atoms with Crippen LogP contribution in [0.4, 0.5) is 0 Å². The van der Waals surface area contributed by atoms with Gasteiger partial charge in [0.2, 0.25) is 0 Å². The van der Waals surface area contributed by atoms with Gasteiger partial charge >= 0.3 is 0 Å². The van der Waals surface area contributed by atoms with E-state index >= 15 is 0 Å². The van der Waals surface area contributed by atoms with Crippen molar-refractivity contribution in [3.8, 4) is 0 Å². The second kappa shape index (κ2) is 3.37. The molecule has 0 heterocycles. The molecule has 0 spiro atoms. The van der Waals surface area contributed by atoms with Crippen molar-refractivity contribution in [1.82, 2.24) is 0 Å². The van der Waals surface area contributed by atoms with Gasteiger partial charge in [0, 0.05) is 0 Å². The highest BCUT2D eigenvalue weighted by Crippen LogP contribution is 2.08. The summed E-state index contributed by atoms with van der Waals surface area (Å²) in [5, 5.41) is 9.15. The molecule has 54 valence electrons. The lowest BCUT2D eigenvalue weighted by atomic mass is 10.1. The van der Waals surface area contributed by atoms with Gasteiger partial charge in [-0.05, 0) is 18.9 Å². The molecule has 0 bridgehead atoms. The molecule has 1 atom stereocenters. The van der Waals surface area contributed by atoms with E-state index < -0.39 is 0 Å². The van der Waals surface area contributed by atoms with Crippen LogP contribution >= 0.6 is 0 Å². The average Bonchev–Trinajstić information content (AvgIpc) is 2.12. The van der Waals surface area contributed by atoms with Crippen LogP contribution in [0.2, 0.25) is 0 Å². The Morgan fingerprint density at radius 3 is 3.00 bits per heavy atom. The van der Waals surface area contributed by atoms with Crippen LogP contribution in [0.3, 0.4) is 0 Å². The highest BCUT2D eigenvalue weighted by Gasteiger charge is 1.99. The second-order valence-corrected chi connectivity index (χ2v) is 2.40. The zero-order valence-electron chi connectivity index (χ0n) is 6.12. The van der Waals surface area contributed by atoms with E-state index in [2.05, 4.69) is 6.08 Å². The Labute approximate surface area is 61.4 Å². The van der Waals surface area contributed by atoms with Crippen LogP contribution in [0.5, 0.6) is 0 Å². The normalized spacial score (nSPS) is 20.0. The van der Waals surface area contributed by atoms with Crippen LogP contribution in [0, 0.1) is 0 Å². The van der Waals surface area contributed by atoms with E-state index in [-0.39, 0.29) is 6.10 Å². The van der Waals surface area contributed by atoms with Crippen molar-refractivity contribution in [2.24, 2.45) is 0 Å². The Morgan fingerprint density at radius 1 is 1.50 bits per heavy atom. The summed E-state index contributed by atoms with van der Waals surface area (Å²) < 4.78 is 0. The first-order valence-electron chi connectivity index (χ1n) is 3.52. The molecule has 1 heteroatoms. The van der Waals surface area contributed by atoms with Crippen molar-refractivity contribution in [3.05, 3.63) is 36.0 Å². The molecule has 0 aromatic heterocycles. The highest BCUT2D eigenvalue weighted by atomic mass is 16.3. The first-order valence-corrected chi connectivity index (χ1v) is 3.52. The third-order valence-electron chi connectivity index (χ3n) is 1.51. The van der Waals surface area contributed by atoms with E-state index in [1.807, 2.05) is 24.3 Å². The van der Waals surface area contributed by atoms with E-state index in [9.17, 15) is 0 Å². The molecule has 1 rings (SSSR count). The summed E-state index contributed by atoms with van der Waals surface area (Å²) in [6.45, 7) is 1.78. The molecule has 1 aliphatic carbocycles. The van der Waals surface area contributed by atoms with Crippen LogP contribution in [0.1, 0.15) is 13.3 Å². The summed E-state index contributed by atoms with van der Waals surface area (Å²) in [5.74, 6) is 0. The fourth-order valence-corrected chi connectivity index (χ4v) is 0.906. The minimum absolute atomic E-state index is 0.337. The largest absolute Gasteiger partial charge is 0.389 e. The summed E-state index contributed by atoms with van der Waals surface area (Å²) in [6.07, 6.45) is 10.6. The van der Waals surface area contributed by atoms with E-state index in [4.69, 9.17) is 5.11 Å². The van der Waals surface area contributed by atoms with Gasteiger partial charge in [-0.3, -0.25) is 0 Å². The summed E-state index contributed by atoms with van der Waals surface area (Å²) in [4.78, 5) is 0. The lowest BCUT2D eigenvalue weighted by Crippen LogP contribution is -2.01. The molecule has 1 aliphatic rings. The van der Waals surface area contributed by atoms with Crippen LogP contribution in [-0.4, -0.2) is 11.2 Å². The number of rotatable bonds is 1. The van der Waals surface area contributed by atoms with E-state index in [0.29, 0.717) is 0 Å². The molecule has 1 nitrogen and oxygen atoms in total. The Morgan fingerprint density at radius 2 is 2.30 bits per heavy atom. The molecular formula is C9H12O. The van der Waals surface area contributed by atoms with Gasteiger partial charge in [0.15, 0.2) is 0 Å². The number of aliphatic hydroxyl groups is 1. The molecule has 0 amide bonds. The molecule has 0 aromatic rings. The number of aliphatic hydroxyl groups excluding tert-OH is 1. The summed E-state index contributed by atoms with van der Waals surface area (Å²) in [7, 11) is 0. The van der Waals surface area contributed by atoms with Gasteiger partial charge in [0.1, 0.15) is 0 Å². The van der Waals surface area contributed by atoms with Crippen molar-refractivity contribution >= 4 is 0 Å². The molecule has 0 saturated carbocycles. The van der Waals surface area contributed by atoms with Crippen LogP contribution in [-0.2, 0) is 0 Å². The number of allylic oxidation sites excluding steroid dienone is 4. The first kappa shape index (κ1) is 7.29. The third kappa shape index (κ3) is 1.85. The lowest BCUT2D eigenvalue weighted by Gasteiger charge is -2.02. The van der Waals surface area contributed by atoms with Gasteiger partial charge in [0.25, 0.3) is 0 Å². The Hall–Kier alpha value is -0.820. The minimum atomic E-state index is -0.337. The van der Waals surface area contributed by atoms with E-state index in [1.165, 1.54) is 0 Å². The van der Waals surface area contributed by atoms with Gasteiger partial charge < -0.3 is 5.11 Å². The van der Waals surface area contributed by atoms with Gasteiger partial charge in [0.05, 0.1) is 6.10 Å². The van der Waals surface area contributed by atoms with Gasteiger partial charge in [-0.25, -0.2) is 0 Å². The fourth-order valence-electron chi connectivity index (χ4n) is 0.906. The van der Waals surface area contributed by atoms with Gasteiger partial charge in [-0.1, -0.05) is 30.4 Å². The van der Waals surface area contributed by atoms with Crippen LogP contribution < -0.4 is 0 Å². The predicted molar refractivity (Wildman–Crippen MR) is 42.7 cm³/mol. The van der Waals surface area contributed by atoms with Crippen molar-refractivity contribution in [1.29, 1.82) is 0 Å². The molecule has 0 fully saturated rings. The van der Waals surface area contributed by atoms with E-state index in [1.54, 1.807) is 6.92 Å². The smallest absolute Gasteiger partial charge is 0.0758 e. The SMILES string of the molecule is CC(O)C1=CCC=CC=C1. The van der Waals surface area contributed by atoms with Crippen molar-refractivity contribution in [2.45, 2.75) is 19.4 Å². The minimum Gasteiger partial charge on any atom is -0.389 e. The monoisotopic (exact) mass is 136 g/mol. The van der Waals surface area contributed by atoms with Crippen LogP contribution in [0.15, 0.2) is 36.0 Å². The zero-order valence-corrected chi connectivity index (χ0v) is 6.12. The standard InChI is InChI=1S/C9H12O/c1-8(10)9-6-4-2-3-5-7-9/h2-4,6-8,10H,5H2,1H3. The Balaban J connectivity index is 2.69. The van der Waals surface area contributed by atoms with E-state index in [0.717, 1.165) is 12.0 Å². The average molecular weight is 136 g/mol. The van der Waals surface area contributed by atoms with Crippen molar-refractivity contribution in [2.75, 3.05) is 0 Å². The Kier molecular flexibility index (Phi) is 2.46. The number of hydrogen-bond acceptors (Lipinski definition) is 1. The molecule has 1 unspecified atom stereocenters. The van der Waals surface area contributed by atoms with Crippen LogP contribution in [0.25, 0.3) is 0 Å². The third-order valence-corrected chi connectivity index (χ3v) is 1.51. The quantitative estimate of drug-likeness (QED) is 0.583. The molecule has 0 aliphatic heterocycles. The fraction of sp³-hybridized carbons (Fsp3) is 0.333. The topological polar surface area (TPSA) is 20.2 Å². The molecule has 10 heavy (non-hydrogen) atoms.